The lowest BCUT2D eigenvalue weighted by Gasteiger charge is -1.97. The van der Waals surface area contributed by atoms with Gasteiger partial charge in [0.25, 0.3) is 0 Å². The average Bonchev–Trinajstić information content (AvgIpc) is 2.52. The van der Waals surface area contributed by atoms with Crippen LogP contribution in [-0.4, -0.2) is 11.8 Å². The van der Waals surface area contributed by atoms with E-state index in [-0.39, 0.29) is 12.2 Å². The van der Waals surface area contributed by atoms with Gasteiger partial charge in [-0.1, -0.05) is 62.3 Å². The molecule has 0 aromatic carbocycles. The Morgan fingerprint density at radius 1 is 0.870 bits per heavy atom. The van der Waals surface area contributed by atoms with E-state index in [0.717, 1.165) is 19.3 Å². The summed E-state index contributed by atoms with van der Waals surface area (Å²) in [6.07, 6.45) is 22.6. The first-order valence-electron chi connectivity index (χ1n) is 8.52. The largest absolute Gasteiger partial charge is 0.550 e. The van der Waals surface area contributed by atoms with Gasteiger partial charge >= 0.3 is 0 Å². The molecule has 0 aromatic heterocycles. The van der Waals surface area contributed by atoms with Crippen molar-refractivity contribution in [2.45, 2.75) is 64.7 Å². The highest BCUT2D eigenvalue weighted by Crippen LogP contribution is 2.01. The molecular weight excluding hydrogens is 288 g/mol. The summed E-state index contributed by atoms with van der Waals surface area (Å²) in [5, 5.41) is 10.2. The van der Waals surface area contributed by atoms with Gasteiger partial charge in [0, 0.05) is 12.4 Å². The summed E-state index contributed by atoms with van der Waals surface area (Å²) in [6, 6.07) is 0. The molecule has 0 radical (unpaired) electrons. The molecule has 0 fully saturated rings. The first kappa shape index (κ1) is 21.1. The predicted molar refractivity (Wildman–Crippen MR) is 93.8 cm³/mol. The summed E-state index contributed by atoms with van der Waals surface area (Å²) in [5.74, 6) is -0.886. The molecule has 0 atom stereocenters. The van der Waals surface area contributed by atoms with Gasteiger partial charge < -0.3 is 9.90 Å². The van der Waals surface area contributed by atoms with Gasteiger partial charge in [-0.2, -0.15) is 0 Å². The van der Waals surface area contributed by atoms with Gasteiger partial charge in [0.2, 0.25) is 0 Å². The van der Waals surface area contributed by atoms with Crippen LogP contribution in [0.3, 0.4) is 0 Å². The van der Waals surface area contributed by atoms with Crippen LogP contribution in [0.2, 0.25) is 0 Å². The Morgan fingerprint density at radius 2 is 1.61 bits per heavy atom. The molecule has 3 heteroatoms. The number of carbonyl (C=O) groups is 2. The van der Waals surface area contributed by atoms with Crippen molar-refractivity contribution in [3.05, 3.63) is 48.6 Å². The predicted octanol–water partition coefficient (Wildman–Crippen LogP) is 4.06. The number of rotatable bonds is 14. The van der Waals surface area contributed by atoms with Crippen molar-refractivity contribution in [3.63, 3.8) is 0 Å². The summed E-state index contributed by atoms with van der Waals surface area (Å²) in [4.78, 5) is 21.8. The van der Waals surface area contributed by atoms with Crippen LogP contribution >= 0.6 is 0 Å². The number of carboxylic acids is 1. The van der Waals surface area contributed by atoms with Crippen molar-refractivity contribution < 1.29 is 14.7 Å². The minimum Gasteiger partial charge on any atom is -0.550 e. The number of allylic oxidation sites excluding steroid dienone is 8. The lowest BCUT2D eigenvalue weighted by molar-refractivity contribution is -0.305. The molecule has 0 unspecified atom stereocenters. The molecule has 0 aliphatic rings. The molecule has 0 heterocycles. The van der Waals surface area contributed by atoms with Gasteiger partial charge in [0.05, 0.1) is 0 Å². The van der Waals surface area contributed by atoms with Gasteiger partial charge in [0.15, 0.2) is 5.78 Å². The zero-order valence-corrected chi connectivity index (χ0v) is 14.2. The van der Waals surface area contributed by atoms with E-state index in [1.807, 2.05) is 30.4 Å². The van der Waals surface area contributed by atoms with Gasteiger partial charge in [-0.3, -0.25) is 4.79 Å². The van der Waals surface area contributed by atoms with Crippen LogP contribution in [-0.2, 0) is 9.59 Å². The van der Waals surface area contributed by atoms with Crippen molar-refractivity contribution in [2.24, 2.45) is 0 Å². The van der Waals surface area contributed by atoms with E-state index in [1.54, 1.807) is 12.2 Å². The monoisotopic (exact) mass is 317 g/mol. The van der Waals surface area contributed by atoms with Crippen molar-refractivity contribution in [2.75, 3.05) is 0 Å². The van der Waals surface area contributed by atoms with Crippen molar-refractivity contribution in [1.29, 1.82) is 0 Å². The second kappa shape index (κ2) is 16.5. The normalized spacial score (nSPS) is 12.2. The van der Waals surface area contributed by atoms with Gasteiger partial charge in [-0.25, -0.2) is 0 Å². The van der Waals surface area contributed by atoms with Crippen LogP contribution in [0.4, 0.5) is 0 Å². The number of hydrogen-bond donors (Lipinski definition) is 0. The highest BCUT2D eigenvalue weighted by molar-refractivity contribution is 5.90. The fourth-order valence-electron chi connectivity index (χ4n) is 1.87. The van der Waals surface area contributed by atoms with E-state index in [4.69, 9.17) is 0 Å². The maximum absolute atomic E-state index is 11.6. The maximum atomic E-state index is 11.6. The number of ketones is 1. The minimum atomic E-state index is -0.996. The Morgan fingerprint density at radius 3 is 2.35 bits per heavy atom. The van der Waals surface area contributed by atoms with E-state index in [0.29, 0.717) is 12.8 Å². The fraction of sp³-hybridized carbons (Fsp3) is 0.500. The first-order valence-corrected chi connectivity index (χ1v) is 8.52. The molecule has 128 valence electrons. The third-order valence-electron chi connectivity index (χ3n) is 3.18. The van der Waals surface area contributed by atoms with E-state index in [2.05, 4.69) is 13.0 Å². The summed E-state index contributed by atoms with van der Waals surface area (Å²) in [5.41, 5.74) is 0. The number of hydrogen-bond acceptors (Lipinski definition) is 3. The molecule has 0 N–H and O–H groups in total. The third kappa shape index (κ3) is 18.1. The van der Waals surface area contributed by atoms with Crippen LogP contribution in [0.5, 0.6) is 0 Å². The summed E-state index contributed by atoms with van der Waals surface area (Å²) in [7, 11) is 0. The molecule has 0 saturated heterocycles. The Balaban J connectivity index is 3.64. The van der Waals surface area contributed by atoms with Crippen molar-refractivity contribution in [1.82, 2.24) is 0 Å². The molecular formula is C20H29O3-. The maximum Gasteiger partial charge on any atom is 0.159 e. The van der Waals surface area contributed by atoms with Crippen LogP contribution in [0.1, 0.15) is 64.7 Å². The zero-order chi connectivity index (χ0) is 17.2. The molecule has 0 saturated carbocycles. The molecule has 0 aliphatic carbocycles. The Kier molecular flexibility index (Phi) is 15.1. The summed E-state index contributed by atoms with van der Waals surface area (Å²) < 4.78 is 0. The van der Waals surface area contributed by atoms with Gasteiger partial charge in [-0.15, -0.1) is 0 Å². The van der Waals surface area contributed by atoms with E-state index in [1.165, 1.54) is 19.3 Å². The highest BCUT2D eigenvalue weighted by atomic mass is 16.4. The van der Waals surface area contributed by atoms with Gasteiger partial charge in [0.1, 0.15) is 0 Å². The average molecular weight is 317 g/mol. The Labute approximate surface area is 140 Å². The van der Waals surface area contributed by atoms with Crippen LogP contribution in [0.25, 0.3) is 0 Å². The van der Waals surface area contributed by atoms with Crippen molar-refractivity contribution in [3.8, 4) is 0 Å². The van der Waals surface area contributed by atoms with Crippen LogP contribution < -0.4 is 5.11 Å². The Hall–Kier alpha value is -1.90. The minimum absolute atomic E-state index is 0.109. The molecule has 0 aromatic rings. The Bertz CT molecular complexity index is 428. The smallest absolute Gasteiger partial charge is 0.159 e. The number of unbranched alkanes of at least 4 members (excludes halogenated alkanes) is 4. The van der Waals surface area contributed by atoms with Crippen LogP contribution in [0.15, 0.2) is 48.6 Å². The standard InChI is InChI=1S/C20H30O3/c1-2-3-4-5-10-13-16-19(21)17-14-11-8-6-7-9-12-15-18-20(22)23/h7-11,13-14,17H,2-6,12,15-16,18H2,1H3,(H,22,23)/p-1/b9-7-,11-8-,13-10-,17-14+. The lowest BCUT2D eigenvalue weighted by Crippen LogP contribution is -2.21. The molecule has 0 aliphatic heterocycles. The van der Waals surface area contributed by atoms with Gasteiger partial charge in [-0.05, 0) is 44.6 Å². The SMILES string of the molecule is CCCCC/C=C\CC(=O)/C=C/C=C\C/C=C\CCCC(=O)[O-]. The topological polar surface area (TPSA) is 57.2 Å². The van der Waals surface area contributed by atoms with Crippen LogP contribution in [0, 0.1) is 0 Å². The second-order valence-corrected chi connectivity index (χ2v) is 5.40. The molecule has 0 bridgehead atoms. The molecule has 3 nitrogen and oxygen atoms in total. The zero-order valence-electron chi connectivity index (χ0n) is 14.2. The number of carbonyl (C=O) groups excluding carboxylic acids is 2. The van der Waals surface area contributed by atoms with Crippen molar-refractivity contribution >= 4 is 11.8 Å². The fourth-order valence-corrected chi connectivity index (χ4v) is 1.87. The second-order valence-electron chi connectivity index (χ2n) is 5.40. The summed E-state index contributed by atoms with van der Waals surface area (Å²) >= 11 is 0. The molecule has 0 amide bonds. The molecule has 0 spiro atoms. The van der Waals surface area contributed by atoms with E-state index in [9.17, 15) is 14.7 Å². The number of aliphatic carboxylic acids is 1. The molecule has 0 rings (SSSR count). The quantitative estimate of drug-likeness (QED) is 0.210. The van der Waals surface area contributed by atoms with E-state index < -0.39 is 5.97 Å². The lowest BCUT2D eigenvalue weighted by atomic mass is 10.1. The number of carboxylic acid groups (broad SMARTS) is 1. The highest BCUT2D eigenvalue weighted by Gasteiger charge is 1.90. The molecule has 23 heavy (non-hydrogen) atoms. The third-order valence-corrected chi connectivity index (χ3v) is 3.18. The summed E-state index contributed by atoms with van der Waals surface area (Å²) in [6.45, 7) is 2.18. The van der Waals surface area contributed by atoms with E-state index >= 15 is 0 Å². The first-order chi connectivity index (χ1) is 11.2.